The zero-order valence-corrected chi connectivity index (χ0v) is 17.9. The highest BCUT2D eigenvalue weighted by molar-refractivity contribution is 9.09. The summed E-state index contributed by atoms with van der Waals surface area (Å²) >= 11 is 3.85. The molecule has 0 N–H and O–H groups in total. The second-order valence-corrected chi connectivity index (χ2v) is 8.60. The van der Waals surface area contributed by atoms with E-state index in [2.05, 4.69) is 39.9 Å². The van der Waals surface area contributed by atoms with Gasteiger partial charge in [0.05, 0.1) is 16.6 Å². The van der Waals surface area contributed by atoms with Gasteiger partial charge in [0.2, 0.25) is 6.79 Å². The van der Waals surface area contributed by atoms with Crippen molar-refractivity contribution >= 4 is 21.9 Å². The summed E-state index contributed by atoms with van der Waals surface area (Å²) < 4.78 is 16.3. The van der Waals surface area contributed by atoms with E-state index in [-0.39, 0.29) is 23.1 Å². The van der Waals surface area contributed by atoms with E-state index >= 15 is 0 Å². The third-order valence-corrected chi connectivity index (χ3v) is 6.08. The molecule has 4 rings (SSSR count). The van der Waals surface area contributed by atoms with Gasteiger partial charge in [0.25, 0.3) is 0 Å². The first-order valence-electron chi connectivity index (χ1n) is 9.54. The molecule has 0 radical (unpaired) electrons. The van der Waals surface area contributed by atoms with Gasteiger partial charge in [-0.15, -0.1) is 0 Å². The summed E-state index contributed by atoms with van der Waals surface area (Å²) in [6.45, 7) is 6.99. The van der Waals surface area contributed by atoms with Gasteiger partial charge >= 0.3 is 5.97 Å². The number of hydrogen-bond acceptors (Lipinski definition) is 5. The SMILES string of the molecule is CC(C)OC(=O)c1ccc(CN2C(Br)Cc3cc4c(cc3C2C)OCO4)cc1. The van der Waals surface area contributed by atoms with E-state index in [9.17, 15) is 4.79 Å². The van der Waals surface area contributed by atoms with E-state index in [4.69, 9.17) is 14.2 Å². The number of carbonyl (C=O) groups excluding carboxylic acids is 1. The maximum absolute atomic E-state index is 12.0. The Bertz CT molecular complexity index is 881. The third-order valence-electron chi connectivity index (χ3n) is 5.23. The van der Waals surface area contributed by atoms with Crippen molar-refractivity contribution < 1.29 is 19.0 Å². The van der Waals surface area contributed by atoms with Crippen LogP contribution >= 0.6 is 15.9 Å². The molecule has 2 aliphatic heterocycles. The number of alkyl halides is 1. The Morgan fingerprint density at radius 3 is 2.57 bits per heavy atom. The fourth-order valence-corrected chi connectivity index (χ4v) is 4.61. The molecule has 0 aromatic heterocycles. The molecule has 28 heavy (non-hydrogen) atoms. The number of rotatable bonds is 4. The molecule has 2 atom stereocenters. The van der Waals surface area contributed by atoms with Gasteiger partial charge in [-0.1, -0.05) is 28.1 Å². The van der Waals surface area contributed by atoms with E-state index in [1.165, 1.54) is 11.1 Å². The summed E-state index contributed by atoms with van der Waals surface area (Å²) in [7, 11) is 0. The number of esters is 1. The second-order valence-electron chi connectivity index (χ2n) is 7.54. The van der Waals surface area contributed by atoms with Crippen molar-refractivity contribution in [3.8, 4) is 11.5 Å². The number of carbonyl (C=O) groups is 1. The van der Waals surface area contributed by atoms with Gasteiger partial charge in [-0.3, -0.25) is 4.90 Å². The lowest BCUT2D eigenvalue weighted by Crippen LogP contribution is -2.38. The molecular weight excluding hydrogens is 422 g/mol. The van der Waals surface area contributed by atoms with Crippen LogP contribution in [0.1, 0.15) is 53.9 Å². The maximum atomic E-state index is 12.0. The van der Waals surface area contributed by atoms with E-state index in [1.807, 2.05) is 38.1 Å². The van der Waals surface area contributed by atoms with Crippen LogP contribution in [-0.2, 0) is 17.7 Å². The van der Waals surface area contributed by atoms with Crippen molar-refractivity contribution in [1.29, 1.82) is 0 Å². The molecule has 0 fully saturated rings. The van der Waals surface area contributed by atoms with Gasteiger partial charge in [0, 0.05) is 12.6 Å². The molecule has 0 amide bonds. The van der Waals surface area contributed by atoms with Crippen LogP contribution in [0, 0.1) is 0 Å². The zero-order chi connectivity index (χ0) is 19.8. The van der Waals surface area contributed by atoms with Crippen LogP contribution in [0.25, 0.3) is 0 Å². The molecule has 2 heterocycles. The van der Waals surface area contributed by atoms with Crippen LogP contribution in [0.15, 0.2) is 36.4 Å². The Hall–Kier alpha value is -2.05. The first-order valence-corrected chi connectivity index (χ1v) is 10.5. The monoisotopic (exact) mass is 445 g/mol. The number of fused-ring (bicyclic) bond motifs is 2. The average Bonchev–Trinajstić information content (AvgIpc) is 3.11. The summed E-state index contributed by atoms with van der Waals surface area (Å²) in [5, 5.41) is 0. The number of halogens is 1. The molecule has 2 aromatic carbocycles. The van der Waals surface area contributed by atoms with E-state index in [1.54, 1.807) is 0 Å². The van der Waals surface area contributed by atoms with Crippen LogP contribution in [0.2, 0.25) is 0 Å². The van der Waals surface area contributed by atoms with E-state index in [0.29, 0.717) is 12.4 Å². The van der Waals surface area contributed by atoms with Crippen molar-refractivity contribution in [2.75, 3.05) is 6.79 Å². The summed E-state index contributed by atoms with van der Waals surface area (Å²) in [4.78, 5) is 14.7. The molecule has 0 spiro atoms. The van der Waals surface area contributed by atoms with Gasteiger partial charge in [-0.2, -0.15) is 0 Å². The highest BCUT2D eigenvalue weighted by Gasteiger charge is 2.32. The topological polar surface area (TPSA) is 48.0 Å². The lowest BCUT2D eigenvalue weighted by Gasteiger charge is -2.39. The molecule has 0 bridgehead atoms. The lowest BCUT2D eigenvalue weighted by atomic mass is 9.92. The third kappa shape index (κ3) is 3.76. The van der Waals surface area contributed by atoms with Gasteiger partial charge < -0.3 is 14.2 Å². The highest BCUT2D eigenvalue weighted by Crippen LogP contribution is 2.43. The smallest absolute Gasteiger partial charge is 0.338 e. The Morgan fingerprint density at radius 1 is 1.21 bits per heavy atom. The average molecular weight is 446 g/mol. The normalized spacial score (nSPS) is 20.9. The Balaban J connectivity index is 1.51. The van der Waals surface area contributed by atoms with Crippen LogP contribution in [0.3, 0.4) is 0 Å². The van der Waals surface area contributed by atoms with Crippen molar-refractivity contribution in [3.05, 3.63) is 58.7 Å². The summed E-state index contributed by atoms with van der Waals surface area (Å²) in [6.07, 6.45) is 0.779. The Labute approximate surface area is 173 Å². The molecule has 148 valence electrons. The molecule has 5 nitrogen and oxygen atoms in total. The lowest BCUT2D eigenvalue weighted by molar-refractivity contribution is 0.0378. The standard InChI is InChI=1S/C22H24BrNO4/c1-13(2)28-22(25)16-6-4-15(5-7-16)11-24-14(3)18-10-20-19(26-12-27-20)8-17(18)9-21(24)23/h4-8,10,13-14,21H,9,11-12H2,1-3H3. The Kier molecular flexibility index (Phi) is 5.34. The largest absolute Gasteiger partial charge is 0.459 e. The van der Waals surface area contributed by atoms with Crippen LogP contribution in [-0.4, -0.2) is 28.7 Å². The molecule has 2 aromatic rings. The quantitative estimate of drug-likeness (QED) is 0.383. The maximum Gasteiger partial charge on any atom is 0.338 e. The number of nitrogens with zero attached hydrogens (tertiary/aromatic N) is 1. The molecular formula is C22H24BrNO4. The molecule has 0 saturated heterocycles. The minimum atomic E-state index is -0.281. The van der Waals surface area contributed by atoms with Crippen molar-refractivity contribution in [2.45, 2.75) is 50.8 Å². The predicted molar refractivity (Wildman–Crippen MR) is 110 cm³/mol. The van der Waals surface area contributed by atoms with Gasteiger partial charge in [-0.05, 0) is 68.1 Å². The summed E-state index contributed by atoms with van der Waals surface area (Å²) in [6, 6.07) is 12.1. The molecule has 0 aliphatic carbocycles. The Morgan fingerprint density at radius 2 is 1.89 bits per heavy atom. The first-order chi connectivity index (χ1) is 13.4. The summed E-state index contributed by atoms with van der Waals surface area (Å²) in [5.74, 6) is 1.38. The van der Waals surface area contributed by atoms with Crippen LogP contribution in [0.4, 0.5) is 0 Å². The minimum absolute atomic E-state index is 0.119. The van der Waals surface area contributed by atoms with Crippen LogP contribution in [0.5, 0.6) is 11.5 Å². The predicted octanol–water partition coefficient (Wildman–Crippen LogP) is 4.82. The molecule has 6 heteroatoms. The number of ether oxygens (including phenoxy) is 3. The fourth-order valence-electron chi connectivity index (χ4n) is 3.76. The van der Waals surface area contributed by atoms with E-state index < -0.39 is 0 Å². The highest BCUT2D eigenvalue weighted by atomic mass is 79.9. The van der Waals surface area contributed by atoms with Gasteiger partial charge in [-0.25, -0.2) is 4.79 Å². The van der Waals surface area contributed by atoms with Gasteiger partial charge in [0.15, 0.2) is 11.5 Å². The molecule has 2 unspecified atom stereocenters. The van der Waals surface area contributed by atoms with Crippen molar-refractivity contribution in [3.63, 3.8) is 0 Å². The minimum Gasteiger partial charge on any atom is -0.459 e. The first kappa shape index (κ1) is 19.3. The zero-order valence-electron chi connectivity index (χ0n) is 16.3. The number of hydrogen-bond donors (Lipinski definition) is 0. The summed E-state index contributed by atoms with van der Waals surface area (Å²) in [5.41, 5.74) is 4.30. The molecule has 0 saturated carbocycles. The van der Waals surface area contributed by atoms with E-state index in [0.717, 1.165) is 30.0 Å². The van der Waals surface area contributed by atoms with Crippen molar-refractivity contribution in [2.24, 2.45) is 0 Å². The van der Waals surface area contributed by atoms with Crippen LogP contribution < -0.4 is 9.47 Å². The van der Waals surface area contributed by atoms with Gasteiger partial charge in [0.1, 0.15) is 0 Å². The fraction of sp³-hybridized carbons (Fsp3) is 0.409. The van der Waals surface area contributed by atoms with Crippen molar-refractivity contribution in [1.82, 2.24) is 4.90 Å². The number of benzene rings is 2. The second kappa shape index (κ2) is 7.76. The molecule has 2 aliphatic rings.